The molecule has 0 bridgehead atoms. The minimum Gasteiger partial charge on any atom is -0.354 e. The molecule has 90 valence electrons. The van der Waals surface area contributed by atoms with Crippen LogP contribution in [0.2, 0.25) is 0 Å². The van der Waals surface area contributed by atoms with E-state index in [1.165, 1.54) is 6.20 Å². The van der Waals surface area contributed by atoms with Crippen molar-refractivity contribution in [2.45, 2.75) is 12.5 Å². The highest BCUT2D eigenvalue weighted by atomic mass is 16.2. The third-order valence-electron chi connectivity index (χ3n) is 2.48. The molecule has 2 rings (SSSR count). The van der Waals surface area contributed by atoms with E-state index >= 15 is 0 Å². The van der Waals surface area contributed by atoms with Gasteiger partial charge in [-0.1, -0.05) is 0 Å². The van der Waals surface area contributed by atoms with E-state index in [0.717, 1.165) is 0 Å². The number of aromatic nitrogens is 1. The van der Waals surface area contributed by atoms with Crippen molar-refractivity contribution in [3.05, 3.63) is 24.0 Å². The second kappa shape index (κ2) is 4.79. The Hall–Kier alpha value is -2.15. The average molecular weight is 235 g/mol. The lowest BCUT2D eigenvalue weighted by molar-refractivity contribution is -0.119. The van der Waals surface area contributed by atoms with Gasteiger partial charge in [0.1, 0.15) is 5.69 Å². The lowest BCUT2D eigenvalue weighted by atomic mass is 10.2. The molecule has 1 aliphatic rings. The smallest absolute Gasteiger partial charge is 0.270 e. The van der Waals surface area contributed by atoms with Crippen LogP contribution in [0, 0.1) is 0 Å². The predicted molar refractivity (Wildman–Crippen MR) is 60.9 cm³/mol. The molecule has 2 amide bonds. The van der Waals surface area contributed by atoms with Crippen LogP contribution in [0.4, 0.5) is 5.69 Å². The summed E-state index contributed by atoms with van der Waals surface area (Å²) in [5.41, 5.74) is 3.34. The number of carbonyl (C=O) groups is 2. The summed E-state index contributed by atoms with van der Waals surface area (Å²) in [6, 6.07) is 3.05. The van der Waals surface area contributed by atoms with Crippen molar-refractivity contribution in [3.8, 4) is 0 Å². The third kappa shape index (κ3) is 2.70. The Morgan fingerprint density at radius 1 is 1.53 bits per heavy atom. The van der Waals surface area contributed by atoms with Crippen molar-refractivity contribution < 1.29 is 9.59 Å². The van der Waals surface area contributed by atoms with E-state index in [0.29, 0.717) is 24.3 Å². The number of nitrogen functional groups attached to an aromatic ring is 1. The van der Waals surface area contributed by atoms with Gasteiger partial charge in [0.05, 0.1) is 17.9 Å². The second-order valence-electron chi connectivity index (χ2n) is 3.76. The number of pyridine rings is 1. The predicted octanol–water partition coefficient (Wildman–Crippen LogP) is -1.01. The molecular formula is C10H13N5O2. The summed E-state index contributed by atoms with van der Waals surface area (Å²) in [7, 11) is 0. The van der Waals surface area contributed by atoms with Gasteiger partial charge in [-0.15, -0.1) is 0 Å². The average Bonchev–Trinajstić information content (AvgIpc) is 2.75. The van der Waals surface area contributed by atoms with Crippen molar-refractivity contribution in [3.63, 3.8) is 0 Å². The van der Waals surface area contributed by atoms with E-state index in [4.69, 9.17) is 5.84 Å². The molecule has 2 heterocycles. The standard InChI is InChI=1S/C10H13N5O2/c11-15-6-1-2-8(12-4-6)10(17)14-7-3-9(16)13-5-7/h1-2,4,7,15H,3,5,11H2,(H,13,16)(H,14,17). The highest BCUT2D eigenvalue weighted by Crippen LogP contribution is 2.05. The Bertz CT molecular complexity index is 431. The van der Waals surface area contributed by atoms with E-state index in [1.54, 1.807) is 12.1 Å². The zero-order valence-electron chi connectivity index (χ0n) is 9.06. The maximum absolute atomic E-state index is 11.7. The molecule has 17 heavy (non-hydrogen) atoms. The fraction of sp³-hybridized carbons (Fsp3) is 0.300. The monoisotopic (exact) mass is 235 g/mol. The first kappa shape index (κ1) is 11.3. The van der Waals surface area contributed by atoms with Gasteiger partial charge in [0.15, 0.2) is 0 Å². The number of amides is 2. The molecule has 7 heteroatoms. The summed E-state index contributed by atoms with van der Waals surface area (Å²) in [5, 5.41) is 5.37. The fourth-order valence-corrected chi connectivity index (χ4v) is 1.58. The quantitative estimate of drug-likeness (QED) is 0.396. The summed E-state index contributed by atoms with van der Waals surface area (Å²) >= 11 is 0. The highest BCUT2D eigenvalue weighted by Gasteiger charge is 2.23. The van der Waals surface area contributed by atoms with E-state index < -0.39 is 0 Å². The number of hydrazine groups is 1. The first-order valence-electron chi connectivity index (χ1n) is 5.19. The summed E-state index contributed by atoms with van der Waals surface area (Å²) in [4.78, 5) is 26.6. The second-order valence-corrected chi connectivity index (χ2v) is 3.76. The zero-order valence-corrected chi connectivity index (χ0v) is 9.06. The van der Waals surface area contributed by atoms with E-state index in [9.17, 15) is 9.59 Å². The van der Waals surface area contributed by atoms with Crippen LogP contribution in [0.5, 0.6) is 0 Å². The number of nitrogens with zero attached hydrogens (tertiary/aromatic N) is 1. The van der Waals surface area contributed by atoms with Gasteiger partial charge in [-0.2, -0.15) is 0 Å². The van der Waals surface area contributed by atoms with Gasteiger partial charge in [0, 0.05) is 13.0 Å². The maximum Gasteiger partial charge on any atom is 0.270 e. The molecule has 0 aromatic carbocycles. The molecule has 0 radical (unpaired) electrons. The molecule has 1 aromatic rings. The Kier molecular flexibility index (Phi) is 3.20. The van der Waals surface area contributed by atoms with Gasteiger partial charge in [-0.05, 0) is 12.1 Å². The van der Waals surface area contributed by atoms with Crippen molar-refractivity contribution in [1.29, 1.82) is 0 Å². The topological polar surface area (TPSA) is 109 Å². The van der Waals surface area contributed by atoms with Gasteiger partial charge in [-0.25, -0.2) is 4.98 Å². The molecule has 5 N–H and O–H groups in total. The third-order valence-corrected chi connectivity index (χ3v) is 2.48. The Morgan fingerprint density at radius 2 is 2.35 bits per heavy atom. The molecule has 1 aliphatic heterocycles. The lowest BCUT2D eigenvalue weighted by Gasteiger charge is -2.09. The maximum atomic E-state index is 11.7. The van der Waals surface area contributed by atoms with Crippen LogP contribution >= 0.6 is 0 Å². The van der Waals surface area contributed by atoms with Crippen molar-refractivity contribution in [1.82, 2.24) is 15.6 Å². The molecule has 0 aliphatic carbocycles. The highest BCUT2D eigenvalue weighted by molar-refractivity contribution is 5.93. The number of carbonyl (C=O) groups excluding carboxylic acids is 2. The molecule has 1 aromatic heterocycles. The van der Waals surface area contributed by atoms with Crippen LogP contribution in [0.15, 0.2) is 18.3 Å². The summed E-state index contributed by atoms with van der Waals surface area (Å²) in [6.07, 6.45) is 1.78. The normalized spacial score (nSPS) is 18.6. The first-order valence-corrected chi connectivity index (χ1v) is 5.19. The molecule has 0 spiro atoms. The van der Waals surface area contributed by atoms with Crippen LogP contribution in [0.1, 0.15) is 16.9 Å². The van der Waals surface area contributed by atoms with Gasteiger partial charge >= 0.3 is 0 Å². The van der Waals surface area contributed by atoms with Gasteiger partial charge in [-0.3, -0.25) is 15.4 Å². The van der Waals surface area contributed by atoms with Crippen LogP contribution in [-0.2, 0) is 4.79 Å². The number of hydrogen-bond acceptors (Lipinski definition) is 5. The Balaban J connectivity index is 1.97. The summed E-state index contributed by atoms with van der Waals surface area (Å²) in [5.74, 6) is 4.84. The minimum atomic E-state index is -0.296. The molecule has 1 atom stereocenters. The van der Waals surface area contributed by atoms with Crippen molar-refractivity contribution >= 4 is 17.5 Å². The molecule has 1 fully saturated rings. The van der Waals surface area contributed by atoms with Crippen LogP contribution in [0.25, 0.3) is 0 Å². The lowest BCUT2D eigenvalue weighted by Crippen LogP contribution is -2.36. The van der Waals surface area contributed by atoms with Crippen LogP contribution in [-0.4, -0.2) is 29.4 Å². The Labute approximate surface area is 97.8 Å². The molecule has 7 nitrogen and oxygen atoms in total. The number of rotatable bonds is 3. The number of nitrogens with one attached hydrogen (secondary N) is 3. The van der Waals surface area contributed by atoms with Gasteiger partial charge < -0.3 is 16.1 Å². The molecule has 0 saturated carbocycles. The van der Waals surface area contributed by atoms with Gasteiger partial charge in [0.25, 0.3) is 5.91 Å². The van der Waals surface area contributed by atoms with Crippen LogP contribution < -0.4 is 21.9 Å². The van der Waals surface area contributed by atoms with E-state index in [1.807, 2.05) is 0 Å². The molecule has 1 unspecified atom stereocenters. The first-order chi connectivity index (χ1) is 8.19. The summed E-state index contributed by atoms with van der Waals surface area (Å²) in [6.45, 7) is 0.465. The van der Waals surface area contributed by atoms with E-state index in [-0.39, 0.29) is 17.9 Å². The number of hydrogen-bond donors (Lipinski definition) is 4. The minimum absolute atomic E-state index is 0.0501. The summed E-state index contributed by atoms with van der Waals surface area (Å²) < 4.78 is 0. The fourth-order valence-electron chi connectivity index (χ4n) is 1.58. The number of anilines is 1. The van der Waals surface area contributed by atoms with Crippen LogP contribution in [0.3, 0.4) is 0 Å². The van der Waals surface area contributed by atoms with E-state index in [2.05, 4.69) is 21.0 Å². The molecular weight excluding hydrogens is 222 g/mol. The number of nitrogens with two attached hydrogens (primary N) is 1. The van der Waals surface area contributed by atoms with Crippen molar-refractivity contribution in [2.75, 3.05) is 12.0 Å². The van der Waals surface area contributed by atoms with Crippen molar-refractivity contribution in [2.24, 2.45) is 5.84 Å². The Morgan fingerprint density at radius 3 is 2.88 bits per heavy atom. The molecule has 1 saturated heterocycles. The zero-order chi connectivity index (χ0) is 12.3. The SMILES string of the molecule is NNc1ccc(C(=O)NC2CNC(=O)C2)nc1. The largest absolute Gasteiger partial charge is 0.354 e. The van der Waals surface area contributed by atoms with Gasteiger partial charge in [0.2, 0.25) is 5.91 Å².